The number of fused-ring (bicyclic) bond motifs is 1. The number of rotatable bonds is 3. The number of esters is 1. The van der Waals surface area contributed by atoms with Crippen LogP contribution >= 0.6 is 0 Å². The number of amides is 1. The number of aromatic hydroxyl groups is 1. The third-order valence-electron chi connectivity index (χ3n) is 4.13. The monoisotopic (exact) mass is 313 g/mol. The van der Waals surface area contributed by atoms with E-state index in [1.165, 1.54) is 6.07 Å². The molecule has 1 aliphatic heterocycles. The third kappa shape index (κ3) is 3.13. The first-order valence-corrected chi connectivity index (χ1v) is 7.78. The molecule has 5 nitrogen and oxygen atoms in total. The summed E-state index contributed by atoms with van der Waals surface area (Å²) >= 11 is 0. The molecule has 0 aliphatic carbocycles. The van der Waals surface area contributed by atoms with Gasteiger partial charge in [0.2, 0.25) is 0 Å². The first kappa shape index (κ1) is 15.3. The predicted molar refractivity (Wildman–Crippen MR) is 86.3 cm³/mol. The van der Waals surface area contributed by atoms with Gasteiger partial charge in [-0.15, -0.1) is 0 Å². The molecule has 120 valence electrons. The van der Waals surface area contributed by atoms with E-state index in [-0.39, 0.29) is 17.2 Å². The lowest BCUT2D eigenvalue weighted by atomic mass is 10.1. The number of carbonyl (C=O) groups excluding carboxylic acids is 2. The summed E-state index contributed by atoms with van der Waals surface area (Å²) in [6, 6.07) is 10.5. The first-order valence-electron chi connectivity index (χ1n) is 7.78. The summed E-state index contributed by atoms with van der Waals surface area (Å²) in [7, 11) is 0. The van der Waals surface area contributed by atoms with Crippen LogP contribution in [0.1, 0.15) is 30.1 Å². The molecule has 1 saturated heterocycles. The van der Waals surface area contributed by atoms with E-state index in [4.69, 9.17) is 4.74 Å². The molecule has 1 amide bonds. The van der Waals surface area contributed by atoms with Crippen LogP contribution in [0.2, 0.25) is 0 Å². The van der Waals surface area contributed by atoms with Crippen molar-refractivity contribution in [3.63, 3.8) is 0 Å². The molecule has 0 spiro atoms. The van der Waals surface area contributed by atoms with Gasteiger partial charge < -0.3 is 14.7 Å². The van der Waals surface area contributed by atoms with Crippen LogP contribution in [0.3, 0.4) is 0 Å². The van der Waals surface area contributed by atoms with Crippen LogP contribution < -0.4 is 0 Å². The number of hydrogen-bond donors (Lipinski definition) is 1. The van der Waals surface area contributed by atoms with Gasteiger partial charge in [-0.05, 0) is 42.7 Å². The van der Waals surface area contributed by atoms with Crippen LogP contribution in [0, 0.1) is 0 Å². The molecule has 0 unspecified atom stereocenters. The minimum absolute atomic E-state index is 0.0739. The highest BCUT2D eigenvalue weighted by atomic mass is 16.5. The van der Waals surface area contributed by atoms with E-state index in [1.54, 1.807) is 17.9 Å². The number of benzene rings is 2. The largest absolute Gasteiger partial charge is 0.507 e. The Morgan fingerprint density at radius 2 is 1.74 bits per heavy atom. The average Bonchev–Trinajstić information content (AvgIpc) is 3.07. The molecular weight excluding hydrogens is 294 g/mol. The van der Waals surface area contributed by atoms with Gasteiger partial charge in [0.15, 0.2) is 6.10 Å². The topological polar surface area (TPSA) is 66.8 Å². The van der Waals surface area contributed by atoms with Gasteiger partial charge in [0.05, 0.1) is 0 Å². The number of likely N-dealkylation sites (tertiary alicyclic amines) is 1. The second-order valence-corrected chi connectivity index (χ2v) is 5.80. The zero-order valence-corrected chi connectivity index (χ0v) is 13.0. The summed E-state index contributed by atoms with van der Waals surface area (Å²) in [6.07, 6.45) is 1.11. The van der Waals surface area contributed by atoms with E-state index < -0.39 is 12.1 Å². The maximum atomic E-state index is 12.3. The Kier molecular flexibility index (Phi) is 4.19. The summed E-state index contributed by atoms with van der Waals surface area (Å²) in [5, 5.41) is 11.7. The molecular formula is C18H19NO4. The summed E-state index contributed by atoms with van der Waals surface area (Å²) in [4.78, 5) is 26.2. The molecule has 0 saturated carbocycles. The molecule has 2 aromatic carbocycles. The third-order valence-corrected chi connectivity index (χ3v) is 4.13. The Hall–Kier alpha value is -2.56. The average molecular weight is 313 g/mol. The maximum Gasteiger partial charge on any atom is 0.342 e. The van der Waals surface area contributed by atoms with Crippen molar-refractivity contribution in [1.29, 1.82) is 0 Å². The van der Waals surface area contributed by atoms with Crippen molar-refractivity contribution in [1.82, 2.24) is 4.90 Å². The summed E-state index contributed by atoms with van der Waals surface area (Å²) in [5.41, 5.74) is 0.0739. The predicted octanol–water partition coefficient (Wildman–Crippen LogP) is 2.71. The summed E-state index contributed by atoms with van der Waals surface area (Å²) in [5.74, 6) is -1.01. The second kappa shape index (κ2) is 6.28. The Morgan fingerprint density at radius 1 is 1.13 bits per heavy atom. The highest BCUT2D eigenvalue weighted by Gasteiger charge is 2.27. The molecule has 1 aliphatic rings. The zero-order valence-electron chi connectivity index (χ0n) is 13.0. The molecule has 1 fully saturated rings. The quantitative estimate of drug-likeness (QED) is 0.885. The van der Waals surface area contributed by atoms with Crippen LogP contribution in [0.5, 0.6) is 5.75 Å². The van der Waals surface area contributed by atoms with Gasteiger partial charge in [0, 0.05) is 13.1 Å². The fourth-order valence-corrected chi connectivity index (χ4v) is 2.86. The molecule has 3 rings (SSSR count). The minimum Gasteiger partial charge on any atom is -0.507 e. The van der Waals surface area contributed by atoms with Crippen molar-refractivity contribution >= 4 is 22.6 Å². The van der Waals surface area contributed by atoms with Crippen molar-refractivity contribution < 1.29 is 19.4 Å². The zero-order chi connectivity index (χ0) is 16.4. The van der Waals surface area contributed by atoms with Crippen LogP contribution in [0.25, 0.3) is 10.8 Å². The lowest BCUT2D eigenvalue weighted by Crippen LogP contribution is -2.38. The van der Waals surface area contributed by atoms with Gasteiger partial charge >= 0.3 is 5.97 Å². The van der Waals surface area contributed by atoms with Crippen molar-refractivity contribution in [2.75, 3.05) is 13.1 Å². The van der Waals surface area contributed by atoms with Crippen LogP contribution in [0.4, 0.5) is 0 Å². The Labute approximate surface area is 134 Å². The van der Waals surface area contributed by atoms with Crippen LogP contribution in [0.15, 0.2) is 36.4 Å². The molecule has 1 atom stereocenters. The second-order valence-electron chi connectivity index (χ2n) is 5.80. The van der Waals surface area contributed by atoms with E-state index in [2.05, 4.69) is 0 Å². The number of nitrogens with zero attached hydrogens (tertiary/aromatic N) is 1. The van der Waals surface area contributed by atoms with Gasteiger partial charge in [0.1, 0.15) is 11.3 Å². The van der Waals surface area contributed by atoms with E-state index in [0.29, 0.717) is 13.1 Å². The van der Waals surface area contributed by atoms with Crippen LogP contribution in [-0.4, -0.2) is 41.1 Å². The van der Waals surface area contributed by atoms with Crippen LogP contribution in [-0.2, 0) is 9.53 Å². The maximum absolute atomic E-state index is 12.3. The lowest BCUT2D eigenvalue weighted by Gasteiger charge is -2.20. The number of carbonyl (C=O) groups is 2. The van der Waals surface area contributed by atoms with E-state index >= 15 is 0 Å². The van der Waals surface area contributed by atoms with Crippen molar-refractivity contribution in [3.05, 3.63) is 42.0 Å². The molecule has 23 heavy (non-hydrogen) atoms. The number of hydrogen-bond acceptors (Lipinski definition) is 4. The van der Waals surface area contributed by atoms with Crippen molar-refractivity contribution in [2.24, 2.45) is 0 Å². The smallest absolute Gasteiger partial charge is 0.342 e. The van der Waals surface area contributed by atoms with Crippen molar-refractivity contribution in [2.45, 2.75) is 25.9 Å². The van der Waals surface area contributed by atoms with E-state index in [9.17, 15) is 14.7 Å². The highest BCUT2D eigenvalue weighted by Crippen LogP contribution is 2.26. The Morgan fingerprint density at radius 3 is 2.39 bits per heavy atom. The normalized spacial score (nSPS) is 15.6. The number of ether oxygens (including phenoxy) is 1. The molecule has 0 radical (unpaired) electrons. The molecule has 1 heterocycles. The molecule has 1 N–H and O–H groups in total. The van der Waals surface area contributed by atoms with Gasteiger partial charge in [0.25, 0.3) is 5.91 Å². The first-order chi connectivity index (χ1) is 11.1. The van der Waals surface area contributed by atoms with E-state index in [1.807, 2.05) is 24.3 Å². The molecule has 0 bridgehead atoms. The fraction of sp³-hybridized carbons (Fsp3) is 0.333. The van der Waals surface area contributed by atoms with Gasteiger partial charge in [-0.25, -0.2) is 4.79 Å². The van der Waals surface area contributed by atoms with E-state index in [0.717, 1.165) is 23.6 Å². The number of phenolic OH excluding ortho intramolecular Hbond substituents is 1. The van der Waals surface area contributed by atoms with Gasteiger partial charge in [-0.3, -0.25) is 4.79 Å². The molecule has 0 aromatic heterocycles. The summed E-state index contributed by atoms with van der Waals surface area (Å²) < 4.78 is 5.25. The minimum atomic E-state index is -0.855. The van der Waals surface area contributed by atoms with Gasteiger partial charge in [-0.2, -0.15) is 0 Å². The van der Waals surface area contributed by atoms with Crippen molar-refractivity contribution in [3.8, 4) is 5.75 Å². The standard InChI is InChI=1S/C18H19NO4/c1-12(17(21)19-8-4-5-9-19)23-18(22)15-10-13-6-2-3-7-14(13)11-16(15)20/h2-3,6-7,10-12,20H,4-5,8-9H2,1H3/t12-/m0/s1. The van der Waals surface area contributed by atoms with Gasteiger partial charge in [-0.1, -0.05) is 24.3 Å². The number of phenols is 1. The molecule has 5 heteroatoms. The fourth-order valence-electron chi connectivity index (χ4n) is 2.86. The SMILES string of the molecule is C[C@H](OC(=O)c1cc2ccccc2cc1O)C(=O)N1CCCC1. The summed E-state index contributed by atoms with van der Waals surface area (Å²) in [6.45, 7) is 2.99. The Bertz CT molecular complexity index is 750. The Balaban J connectivity index is 1.77. The highest BCUT2D eigenvalue weighted by molar-refractivity contribution is 5.99. The molecule has 2 aromatic rings. The lowest BCUT2D eigenvalue weighted by molar-refractivity contribution is -0.138.